The molecule has 1 atom stereocenters. The number of piperidine rings is 1. The van der Waals surface area contributed by atoms with Gasteiger partial charge in [-0.25, -0.2) is 0 Å². The molecular formula is C15H23N3O3. The lowest BCUT2D eigenvalue weighted by Crippen LogP contribution is -2.50. The Balaban J connectivity index is 2.09. The van der Waals surface area contributed by atoms with E-state index in [1.807, 2.05) is 26.8 Å². The summed E-state index contributed by atoms with van der Waals surface area (Å²) < 4.78 is 1.68. The van der Waals surface area contributed by atoms with Crippen LogP contribution in [0.15, 0.2) is 6.07 Å². The number of amides is 1. The molecule has 6 heteroatoms. The molecule has 0 aliphatic carbocycles. The minimum Gasteiger partial charge on any atom is -0.481 e. The van der Waals surface area contributed by atoms with Gasteiger partial charge in [-0.15, -0.1) is 0 Å². The molecule has 0 spiro atoms. The number of hydrogen-bond acceptors (Lipinski definition) is 3. The third-order valence-corrected chi connectivity index (χ3v) is 4.45. The molecule has 1 aromatic rings. The molecule has 0 aromatic carbocycles. The zero-order valence-corrected chi connectivity index (χ0v) is 12.9. The molecule has 1 aliphatic heterocycles. The second-order valence-electron chi connectivity index (χ2n) is 5.94. The first-order valence-electron chi connectivity index (χ1n) is 7.40. The second kappa shape index (κ2) is 5.87. The van der Waals surface area contributed by atoms with E-state index in [1.165, 1.54) is 0 Å². The molecular weight excluding hydrogens is 270 g/mol. The predicted molar refractivity (Wildman–Crippen MR) is 77.9 cm³/mol. The Hall–Kier alpha value is -1.85. The lowest BCUT2D eigenvalue weighted by molar-refractivity contribution is -0.155. The fraction of sp³-hybridized carbons (Fsp3) is 0.667. The Bertz CT molecular complexity index is 552. The maximum atomic E-state index is 12.4. The summed E-state index contributed by atoms with van der Waals surface area (Å²) in [7, 11) is 0. The average Bonchev–Trinajstić information content (AvgIpc) is 2.76. The van der Waals surface area contributed by atoms with E-state index in [9.17, 15) is 14.7 Å². The van der Waals surface area contributed by atoms with Crippen LogP contribution in [0.5, 0.6) is 0 Å². The first kappa shape index (κ1) is 15.5. The third kappa shape index (κ3) is 3.09. The molecule has 0 bridgehead atoms. The lowest BCUT2D eigenvalue weighted by atomic mass is 9.77. The van der Waals surface area contributed by atoms with Crippen molar-refractivity contribution >= 4 is 11.9 Å². The molecule has 6 nitrogen and oxygen atoms in total. The zero-order valence-electron chi connectivity index (χ0n) is 12.9. The van der Waals surface area contributed by atoms with E-state index in [0.717, 1.165) is 17.8 Å². The van der Waals surface area contributed by atoms with Crippen LogP contribution in [-0.4, -0.2) is 44.8 Å². The number of nitrogens with zero attached hydrogens (tertiary/aromatic N) is 3. The number of aromatic nitrogens is 2. The molecule has 1 unspecified atom stereocenters. The number of rotatable bonds is 4. The first-order chi connectivity index (χ1) is 9.88. The van der Waals surface area contributed by atoms with Crippen LogP contribution in [-0.2, 0) is 16.1 Å². The van der Waals surface area contributed by atoms with E-state index in [1.54, 1.807) is 9.58 Å². The monoisotopic (exact) mass is 293 g/mol. The van der Waals surface area contributed by atoms with Gasteiger partial charge in [0.1, 0.15) is 6.54 Å². The molecule has 2 heterocycles. The van der Waals surface area contributed by atoms with Gasteiger partial charge in [0.25, 0.3) is 0 Å². The number of carboxylic acids is 1. The van der Waals surface area contributed by atoms with Gasteiger partial charge in [-0.1, -0.05) is 6.92 Å². The van der Waals surface area contributed by atoms with Crippen molar-refractivity contribution in [2.24, 2.45) is 5.41 Å². The van der Waals surface area contributed by atoms with Gasteiger partial charge in [0.15, 0.2) is 0 Å². The number of aliphatic carboxylic acids is 1. The van der Waals surface area contributed by atoms with Gasteiger partial charge in [0.2, 0.25) is 5.91 Å². The van der Waals surface area contributed by atoms with Crippen LogP contribution >= 0.6 is 0 Å². The summed E-state index contributed by atoms with van der Waals surface area (Å²) in [6.07, 6.45) is 1.93. The quantitative estimate of drug-likeness (QED) is 0.915. The van der Waals surface area contributed by atoms with Gasteiger partial charge in [-0.2, -0.15) is 5.10 Å². The van der Waals surface area contributed by atoms with Crippen molar-refractivity contribution < 1.29 is 14.7 Å². The molecule has 116 valence electrons. The van der Waals surface area contributed by atoms with Crippen molar-refractivity contribution in [1.82, 2.24) is 14.7 Å². The fourth-order valence-corrected chi connectivity index (χ4v) is 3.02. The van der Waals surface area contributed by atoms with E-state index >= 15 is 0 Å². The van der Waals surface area contributed by atoms with Crippen molar-refractivity contribution in [2.75, 3.05) is 13.1 Å². The van der Waals surface area contributed by atoms with Crippen LogP contribution in [0.3, 0.4) is 0 Å². The van der Waals surface area contributed by atoms with Crippen molar-refractivity contribution in [1.29, 1.82) is 0 Å². The van der Waals surface area contributed by atoms with Crippen molar-refractivity contribution in [3.63, 3.8) is 0 Å². The normalized spacial score (nSPS) is 22.3. The minimum atomic E-state index is -0.798. The largest absolute Gasteiger partial charge is 0.481 e. The predicted octanol–water partition coefficient (Wildman–Crippen LogP) is 1.60. The maximum absolute atomic E-state index is 12.4. The highest BCUT2D eigenvalue weighted by Gasteiger charge is 2.42. The topological polar surface area (TPSA) is 75.4 Å². The summed E-state index contributed by atoms with van der Waals surface area (Å²) in [5.41, 5.74) is 1.04. The molecule has 1 saturated heterocycles. The smallest absolute Gasteiger partial charge is 0.311 e. The molecule has 1 N–H and O–H groups in total. The molecule has 1 amide bonds. The Labute approximate surface area is 124 Å². The number of aryl methyl sites for hydroxylation is 2. The number of carbonyl (C=O) groups excluding carboxylic acids is 1. The Morgan fingerprint density at radius 3 is 2.67 bits per heavy atom. The fourth-order valence-electron chi connectivity index (χ4n) is 3.02. The number of hydrogen-bond donors (Lipinski definition) is 1. The van der Waals surface area contributed by atoms with Gasteiger partial charge in [0.05, 0.1) is 11.1 Å². The van der Waals surface area contributed by atoms with Crippen LogP contribution in [0.25, 0.3) is 0 Å². The molecule has 0 radical (unpaired) electrons. The van der Waals surface area contributed by atoms with Gasteiger partial charge < -0.3 is 10.0 Å². The molecule has 1 aliphatic rings. The van der Waals surface area contributed by atoms with Crippen LogP contribution in [0, 0.1) is 19.3 Å². The summed E-state index contributed by atoms with van der Waals surface area (Å²) in [5.74, 6) is -0.853. The maximum Gasteiger partial charge on any atom is 0.311 e. The minimum absolute atomic E-state index is 0.0556. The highest BCUT2D eigenvalue weighted by molar-refractivity contribution is 5.79. The SMILES string of the molecule is CCC1(C(=O)O)CCCN(C(=O)Cn2nc(C)cc2C)C1. The Morgan fingerprint density at radius 2 is 2.14 bits per heavy atom. The summed E-state index contributed by atoms with van der Waals surface area (Å²) in [5, 5.41) is 13.8. The number of carbonyl (C=O) groups is 2. The summed E-state index contributed by atoms with van der Waals surface area (Å²) in [6, 6.07) is 1.93. The summed E-state index contributed by atoms with van der Waals surface area (Å²) in [6.45, 7) is 6.80. The van der Waals surface area contributed by atoms with Crippen LogP contribution in [0.1, 0.15) is 37.6 Å². The second-order valence-corrected chi connectivity index (χ2v) is 5.94. The number of carboxylic acid groups (broad SMARTS) is 1. The van der Waals surface area contributed by atoms with Crippen molar-refractivity contribution in [3.8, 4) is 0 Å². The van der Waals surface area contributed by atoms with Gasteiger partial charge in [-0.3, -0.25) is 14.3 Å². The van der Waals surface area contributed by atoms with E-state index in [2.05, 4.69) is 5.10 Å². The van der Waals surface area contributed by atoms with Gasteiger partial charge in [0, 0.05) is 18.8 Å². The van der Waals surface area contributed by atoms with Crippen molar-refractivity contribution in [2.45, 2.75) is 46.6 Å². The Morgan fingerprint density at radius 1 is 1.43 bits per heavy atom. The van der Waals surface area contributed by atoms with Crippen LogP contribution < -0.4 is 0 Å². The highest BCUT2D eigenvalue weighted by Crippen LogP contribution is 2.33. The molecule has 1 fully saturated rings. The third-order valence-electron chi connectivity index (χ3n) is 4.45. The van der Waals surface area contributed by atoms with Crippen molar-refractivity contribution in [3.05, 3.63) is 17.5 Å². The standard InChI is InChI=1S/C15H23N3O3/c1-4-15(14(20)21)6-5-7-17(10-15)13(19)9-18-12(3)8-11(2)16-18/h8H,4-7,9-10H2,1-3H3,(H,20,21). The summed E-state index contributed by atoms with van der Waals surface area (Å²) in [4.78, 5) is 25.6. The first-order valence-corrected chi connectivity index (χ1v) is 7.40. The lowest BCUT2D eigenvalue weighted by Gasteiger charge is -2.39. The van der Waals surface area contributed by atoms with E-state index < -0.39 is 11.4 Å². The van der Waals surface area contributed by atoms with Gasteiger partial charge >= 0.3 is 5.97 Å². The number of likely N-dealkylation sites (tertiary alicyclic amines) is 1. The average molecular weight is 293 g/mol. The summed E-state index contributed by atoms with van der Waals surface area (Å²) >= 11 is 0. The van der Waals surface area contributed by atoms with Crippen LogP contribution in [0.2, 0.25) is 0 Å². The van der Waals surface area contributed by atoms with E-state index in [4.69, 9.17) is 0 Å². The molecule has 2 rings (SSSR count). The molecule has 21 heavy (non-hydrogen) atoms. The molecule has 1 aromatic heterocycles. The van der Waals surface area contributed by atoms with E-state index in [-0.39, 0.29) is 12.5 Å². The van der Waals surface area contributed by atoms with Gasteiger partial charge in [-0.05, 0) is 39.2 Å². The highest BCUT2D eigenvalue weighted by atomic mass is 16.4. The zero-order chi connectivity index (χ0) is 15.6. The van der Waals surface area contributed by atoms with E-state index in [0.29, 0.717) is 25.9 Å². The van der Waals surface area contributed by atoms with Crippen LogP contribution in [0.4, 0.5) is 0 Å². The molecule has 0 saturated carbocycles. The Kier molecular flexibility index (Phi) is 4.34.